The predicted octanol–water partition coefficient (Wildman–Crippen LogP) is 6.97. The molecule has 3 rings (SSSR count). The Morgan fingerprint density at radius 3 is 2.00 bits per heavy atom. The normalized spacial score (nSPS) is 11.1. The van der Waals surface area contributed by atoms with Gasteiger partial charge in [-0.05, 0) is 63.9 Å². The molecule has 1 heterocycles. The molecule has 0 amide bonds. The molecule has 48 heavy (non-hydrogen) atoms. The Balaban J connectivity index is 0.000000687. The quantitative estimate of drug-likeness (QED) is 0.0762. The Morgan fingerprint density at radius 2 is 1.56 bits per heavy atom. The molecule has 11 nitrogen and oxygen atoms in total. The number of unbranched alkanes of at least 4 members (excludes halogenated alkanes) is 1. The smallest absolute Gasteiger partial charge is 0.490 e. The van der Waals surface area contributed by atoms with Gasteiger partial charge in [-0.2, -0.15) is 26.3 Å². The number of ether oxygens (including phenoxy) is 2. The fourth-order valence-corrected chi connectivity index (χ4v) is 3.58. The van der Waals surface area contributed by atoms with Crippen molar-refractivity contribution in [2.45, 2.75) is 72.0 Å². The molecular formula is C30H36F7N5O6. The fourth-order valence-electron chi connectivity index (χ4n) is 3.58. The van der Waals surface area contributed by atoms with Crippen molar-refractivity contribution in [2.75, 3.05) is 11.5 Å². The van der Waals surface area contributed by atoms with Gasteiger partial charge in [-0.25, -0.2) is 19.0 Å². The summed E-state index contributed by atoms with van der Waals surface area (Å²) in [5, 5.41) is 21.9. The second-order valence-electron chi connectivity index (χ2n) is 9.97. The van der Waals surface area contributed by atoms with E-state index in [-0.39, 0.29) is 24.2 Å². The number of anilines is 2. The first-order chi connectivity index (χ1) is 22.2. The van der Waals surface area contributed by atoms with E-state index < -0.39 is 30.1 Å². The van der Waals surface area contributed by atoms with E-state index >= 15 is 4.39 Å². The van der Waals surface area contributed by atoms with Gasteiger partial charge >= 0.3 is 24.3 Å². The van der Waals surface area contributed by atoms with Gasteiger partial charge in [0.15, 0.2) is 11.6 Å². The maximum Gasteiger partial charge on any atom is 0.490 e. The molecule has 0 unspecified atom stereocenters. The largest absolute Gasteiger partial charge is 0.494 e. The second kappa shape index (κ2) is 18.3. The van der Waals surface area contributed by atoms with E-state index in [1.54, 1.807) is 24.3 Å². The summed E-state index contributed by atoms with van der Waals surface area (Å²) in [5.74, 6) is -4.64. The molecule has 0 saturated carbocycles. The van der Waals surface area contributed by atoms with Gasteiger partial charge in [0.05, 0.1) is 24.9 Å². The summed E-state index contributed by atoms with van der Waals surface area (Å²) in [7, 11) is 0. The Hall–Kier alpha value is -5.03. The highest BCUT2D eigenvalue weighted by Gasteiger charge is 2.38. The summed E-state index contributed by atoms with van der Waals surface area (Å²) in [4.78, 5) is 27.7. The zero-order valence-corrected chi connectivity index (χ0v) is 26.3. The number of H-pyrrole nitrogens is 1. The maximum absolute atomic E-state index is 15.5. The number of nitrogens with two attached hydrogens (primary N) is 1. The number of benzene rings is 2. The highest BCUT2D eigenvalue weighted by atomic mass is 19.4. The van der Waals surface area contributed by atoms with Crippen molar-refractivity contribution in [3.63, 3.8) is 0 Å². The third-order valence-corrected chi connectivity index (χ3v) is 5.72. The van der Waals surface area contributed by atoms with Crippen molar-refractivity contribution in [1.29, 1.82) is 5.41 Å². The molecule has 266 valence electrons. The monoisotopic (exact) mass is 695 g/mol. The van der Waals surface area contributed by atoms with Gasteiger partial charge in [0, 0.05) is 29.1 Å². The topological polar surface area (TPSA) is 175 Å². The zero-order valence-electron chi connectivity index (χ0n) is 26.3. The molecule has 2 aromatic carbocycles. The van der Waals surface area contributed by atoms with Crippen molar-refractivity contribution in [3.05, 3.63) is 65.2 Å². The lowest BCUT2D eigenvalue weighted by Gasteiger charge is -2.24. The molecule has 1 aromatic heterocycles. The molecule has 6 N–H and O–H groups in total. The van der Waals surface area contributed by atoms with Crippen LogP contribution in [0.15, 0.2) is 42.6 Å². The number of aromatic amines is 1. The lowest BCUT2D eigenvalue weighted by atomic mass is 10.1. The van der Waals surface area contributed by atoms with Gasteiger partial charge in [0.25, 0.3) is 0 Å². The first kappa shape index (κ1) is 41.0. The summed E-state index contributed by atoms with van der Waals surface area (Å²) >= 11 is 0. The van der Waals surface area contributed by atoms with Crippen LogP contribution in [0.1, 0.15) is 57.4 Å². The number of carboxylic acid groups (broad SMARTS) is 2. The number of aliphatic carboxylic acids is 2. The van der Waals surface area contributed by atoms with E-state index in [1.165, 1.54) is 0 Å². The molecule has 0 fully saturated rings. The summed E-state index contributed by atoms with van der Waals surface area (Å²) in [5.41, 5.74) is 8.39. The molecule has 0 radical (unpaired) electrons. The summed E-state index contributed by atoms with van der Waals surface area (Å²) in [6.45, 7) is 8.39. The van der Waals surface area contributed by atoms with E-state index in [0.29, 0.717) is 29.4 Å². The van der Waals surface area contributed by atoms with E-state index in [0.717, 1.165) is 30.6 Å². The molecular weight excluding hydrogens is 659 g/mol. The fraction of sp³-hybridized carbons (Fsp3) is 0.400. The van der Waals surface area contributed by atoms with Gasteiger partial charge < -0.3 is 35.3 Å². The highest BCUT2D eigenvalue weighted by Crippen LogP contribution is 2.33. The van der Waals surface area contributed by atoms with Crippen molar-refractivity contribution >= 4 is 29.4 Å². The molecule has 0 bridgehead atoms. The lowest BCUT2D eigenvalue weighted by Crippen LogP contribution is -2.21. The third-order valence-electron chi connectivity index (χ3n) is 5.72. The van der Waals surface area contributed by atoms with Crippen LogP contribution in [0.3, 0.4) is 0 Å². The van der Waals surface area contributed by atoms with E-state index in [9.17, 15) is 26.3 Å². The number of carboxylic acids is 2. The summed E-state index contributed by atoms with van der Waals surface area (Å²) in [6, 6.07) is 10.5. The van der Waals surface area contributed by atoms with E-state index in [4.69, 9.17) is 45.4 Å². The number of nitrogens with one attached hydrogen (secondary N) is 2. The molecule has 18 heteroatoms. The van der Waals surface area contributed by atoms with Crippen LogP contribution in [0, 0.1) is 11.2 Å². The Kier molecular flexibility index (Phi) is 15.7. The SMILES string of the molecule is CCCCc1c[nH]c(N(Cc2cc(OCC)cc(OC(C)C)c2F)c2ccc(C(=N)N)cc2)n1.O=C(O)C(F)(F)F.O=C(O)C(F)(F)F. The number of imidazole rings is 1. The molecule has 0 aliphatic heterocycles. The van der Waals surface area contributed by atoms with Crippen molar-refractivity contribution in [2.24, 2.45) is 5.73 Å². The third kappa shape index (κ3) is 13.8. The second-order valence-corrected chi connectivity index (χ2v) is 9.97. The van der Waals surface area contributed by atoms with Crippen LogP contribution in [-0.4, -0.2) is 63.0 Å². The lowest BCUT2D eigenvalue weighted by molar-refractivity contribution is -0.193. The van der Waals surface area contributed by atoms with E-state index in [2.05, 4.69) is 11.9 Å². The Labute approximate surface area is 271 Å². The average molecular weight is 696 g/mol. The number of hydrogen-bond donors (Lipinski definition) is 5. The molecule has 0 saturated heterocycles. The highest BCUT2D eigenvalue weighted by molar-refractivity contribution is 5.95. The minimum absolute atomic E-state index is 0.0103. The van der Waals surface area contributed by atoms with Gasteiger partial charge in [-0.1, -0.05) is 13.3 Å². The Morgan fingerprint density at radius 1 is 1.02 bits per heavy atom. The number of aromatic nitrogens is 2. The number of nitrogen functional groups attached to an aromatic ring is 1. The van der Waals surface area contributed by atoms with Crippen LogP contribution in [0.2, 0.25) is 0 Å². The standard InChI is InChI=1S/C26H34FN5O2.2C2HF3O2/c1-5-7-8-20-15-30-26(31-20)32(21-11-9-18(10-12-21)25(28)29)16-19-13-22(33-6-2)14-23(24(19)27)34-17(3)4;2*3-2(4,5)1(6)7/h9-15,17H,5-8,16H2,1-4H3,(H3,28,29)(H,30,31);2*(H,6,7). The number of aryl methyl sites for hydroxylation is 1. The average Bonchev–Trinajstić information content (AvgIpc) is 3.45. The van der Waals surface area contributed by atoms with Crippen LogP contribution < -0.4 is 20.1 Å². The van der Waals surface area contributed by atoms with Crippen LogP contribution in [0.25, 0.3) is 0 Å². The first-order valence-electron chi connectivity index (χ1n) is 14.2. The van der Waals surface area contributed by atoms with Crippen LogP contribution in [0.5, 0.6) is 11.5 Å². The number of nitrogens with zero attached hydrogens (tertiary/aromatic N) is 2. The minimum atomic E-state index is -5.08. The number of rotatable bonds is 12. The molecule has 0 aliphatic carbocycles. The molecule has 0 atom stereocenters. The number of hydrogen-bond acceptors (Lipinski definition) is 7. The van der Waals surface area contributed by atoms with Crippen molar-refractivity contribution < 1.29 is 60.0 Å². The number of amidine groups is 1. The van der Waals surface area contributed by atoms with Gasteiger partial charge in [-0.3, -0.25) is 5.41 Å². The zero-order chi connectivity index (χ0) is 36.8. The van der Waals surface area contributed by atoms with Crippen molar-refractivity contribution in [1.82, 2.24) is 9.97 Å². The van der Waals surface area contributed by atoms with Gasteiger partial charge in [0.2, 0.25) is 5.95 Å². The molecule has 0 aliphatic rings. The van der Waals surface area contributed by atoms with Crippen molar-refractivity contribution in [3.8, 4) is 11.5 Å². The maximum atomic E-state index is 15.5. The predicted molar refractivity (Wildman–Crippen MR) is 161 cm³/mol. The number of alkyl halides is 6. The summed E-state index contributed by atoms with van der Waals surface area (Å²) in [6.07, 6.45) is -5.47. The van der Waals surface area contributed by atoms with E-state index in [1.807, 2.05) is 44.0 Å². The number of carbonyl (C=O) groups is 2. The summed E-state index contributed by atoms with van der Waals surface area (Å²) < 4.78 is 90.4. The number of halogens is 7. The first-order valence-corrected chi connectivity index (χ1v) is 14.2. The Bertz CT molecular complexity index is 1470. The van der Waals surface area contributed by atoms with Gasteiger partial charge in [0.1, 0.15) is 11.6 Å². The van der Waals surface area contributed by atoms with Crippen LogP contribution in [0.4, 0.5) is 42.4 Å². The van der Waals surface area contributed by atoms with Gasteiger partial charge in [-0.15, -0.1) is 0 Å². The minimum Gasteiger partial charge on any atom is -0.494 e. The van der Waals surface area contributed by atoms with Crippen LogP contribution in [-0.2, 0) is 22.6 Å². The molecule has 0 spiro atoms. The molecule has 3 aromatic rings. The van der Waals surface area contributed by atoms with Crippen LogP contribution >= 0.6 is 0 Å².